The summed E-state index contributed by atoms with van der Waals surface area (Å²) in [6.07, 6.45) is 47.9. The van der Waals surface area contributed by atoms with Gasteiger partial charge in [-0.2, -0.15) is 0 Å². The molecule has 0 atom stereocenters. The zero-order valence-corrected chi connectivity index (χ0v) is 37.1. The van der Waals surface area contributed by atoms with Crippen LogP contribution in [0.4, 0.5) is 0 Å². The Bertz CT molecular complexity index is 1650. The number of fused-ring (bicyclic) bond motifs is 8. The highest BCUT2D eigenvalue weighted by Gasteiger charge is 2.16. The van der Waals surface area contributed by atoms with Crippen molar-refractivity contribution < 1.29 is 0 Å². The lowest BCUT2D eigenvalue weighted by Crippen LogP contribution is -2.26. The van der Waals surface area contributed by atoms with E-state index in [4.69, 9.17) is 9.97 Å². The molecule has 0 aliphatic carbocycles. The fourth-order valence-electron chi connectivity index (χ4n) is 8.78. The highest BCUT2D eigenvalue weighted by atomic mass is 15.1. The topological polar surface area (TPSA) is 60.6 Å². The van der Waals surface area contributed by atoms with Gasteiger partial charge in [-0.15, -0.1) is 0 Å². The molecule has 0 spiro atoms. The van der Waals surface area contributed by atoms with Crippen LogP contribution in [0.2, 0.25) is 0 Å². The maximum atomic E-state index is 5.19. The van der Waals surface area contributed by atoms with Crippen LogP contribution in [0, 0.1) is 0 Å². The third-order valence-corrected chi connectivity index (χ3v) is 12.4. The van der Waals surface area contributed by atoms with Gasteiger partial charge in [-0.05, 0) is 92.7 Å². The van der Waals surface area contributed by atoms with Gasteiger partial charge in [0, 0.05) is 34.2 Å². The van der Waals surface area contributed by atoms with E-state index in [1.807, 2.05) is 0 Å². The Morgan fingerprint density at radius 3 is 1.03 bits per heavy atom. The number of hydrogen-bond donors (Lipinski definition) is 2. The Labute approximate surface area is 354 Å². The molecule has 0 saturated carbocycles. The van der Waals surface area contributed by atoms with Crippen molar-refractivity contribution >= 4 is 46.4 Å². The van der Waals surface area contributed by atoms with Crippen LogP contribution in [0.15, 0.2) is 42.5 Å². The highest BCUT2D eigenvalue weighted by molar-refractivity contribution is 5.79. The van der Waals surface area contributed by atoms with Crippen LogP contribution in [-0.2, 0) is 6.54 Å². The number of nitrogens with one attached hydrogen (secondary N) is 2. The van der Waals surface area contributed by atoms with Crippen LogP contribution in [-0.4, -0.2) is 37.9 Å². The van der Waals surface area contributed by atoms with Crippen LogP contribution < -0.4 is 0 Å². The number of rotatable bonds is 32. The second-order valence-electron chi connectivity index (χ2n) is 17.6. The molecule has 5 nitrogen and oxygen atoms in total. The van der Waals surface area contributed by atoms with Crippen LogP contribution in [0.3, 0.4) is 0 Å². The summed E-state index contributed by atoms with van der Waals surface area (Å²) in [6, 6.07) is 15.0. The SMILES string of the molecule is CCCCCCCCCCCCCCCCN(CCCCCCCCCCCCCCCC)Cc1c2nc(cc3ccc(cc4ccc(cc5nc1C=C5)[nH]4)[nH]3)C=C2. The molecule has 8 bridgehead atoms. The first kappa shape index (κ1) is 45.6. The van der Waals surface area contributed by atoms with E-state index in [1.165, 1.54) is 185 Å². The van der Waals surface area contributed by atoms with E-state index in [1.54, 1.807) is 0 Å². The first-order valence-corrected chi connectivity index (χ1v) is 24.5. The lowest BCUT2D eigenvalue weighted by atomic mass is 10.0. The van der Waals surface area contributed by atoms with Crippen molar-refractivity contribution in [3.8, 4) is 0 Å². The number of nitrogens with zero attached hydrogens (tertiary/aromatic N) is 3. The zero-order valence-electron chi connectivity index (χ0n) is 37.1. The van der Waals surface area contributed by atoms with Gasteiger partial charge in [0.1, 0.15) is 0 Å². The lowest BCUT2D eigenvalue weighted by Gasteiger charge is -2.23. The Morgan fingerprint density at radius 1 is 0.379 bits per heavy atom. The summed E-state index contributed by atoms with van der Waals surface area (Å²) >= 11 is 0. The molecule has 2 aliphatic rings. The van der Waals surface area contributed by atoms with Gasteiger partial charge in [-0.25, -0.2) is 9.97 Å². The van der Waals surface area contributed by atoms with Crippen LogP contribution in [0.25, 0.3) is 46.4 Å². The van der Waals surface area contributed by atoms with E-state index in [9.17, 15) is 0 Å². The Balaban J connectivity index is 1.16. The first-order valence-electron chi connectivity index (χ1n) is 24.5. The fourth-order valence-corrected chi connectivity index (χ4v) is 8.78. The summed E-state index contributed by atoms with van der Waals surface area (Å²) in [6.45, 7) is 7.79. The second kappa shape index (κ2) is 28.1. The summed E-state index contributed by atoms with van der Waals surface area (Å²) in [5.41, 5.74) is 9.59. The molecule has 0 fully saturated rings. The van der Waals surface area contributed by atoms with Crippen LogP contribution in [0.5, 0.6) is 0 Å². The average Bonchev–Trinajstić information content (AvgIpc) is 4.07. The zero-order chi connectivity index (χ0) is 40.3. The van der Waals surface area contributed by atoms with Gasteiger partial charge in [0.2, 0.25) is 0 Å². The molecular formula is C53H81N5. The summed E-state index contributed by atoms with van der Waals surface area (Å²) in [5, 5.41) is 0. The van der Waals surface area contributed by atoms with Crippen LogP contribution >= 0.6 is 0 Å². The number of aromatic amines is 2. The van der Waals surface area contributed by atoms with Crippen molar-refractivity contribution in [1.29, 1.82) is 0 Å². The van der Waals surface area contributed by atoms with Crippen molar-refractivity contribution in [3.63, 3.8) is 0 Å². The minimum absolute atomic E-state index is 0.887. The number of H-pyrrole nitrogens is 2. The summed E-state index contributed by atoms with van der Waals surface area (Å²) in [5.74, 6) is 0. The second-order valence-corrected chi connectivity index (χ2v) is 17.6. The fraction of sp³-hybridized carbons (Fsp3) is 0.623. The third-order valence-electron chi connectivity index (χ3n) is 12.4. The van der Waals surface area contributed by atoms with Gasteiger partial charge in [-0.3, -0.25) is 4.90 Å². The lowest BCUT2D eigenvalue weighted by molar-refractivity contribution is 0.251. The maximum Gasteiger partial charge on any atom is 0.0704 e. The molecule has 0 saturated heterocycles. The van der Waals surface area contributed by atoms with Crippen molar-refractivity contribution in [2.75, 3.05) is 13.1 Å². The van der Waals surface area contributed by atoms with Crippen LogP contribution in [0.1, 0.15) is 222 Å². The van der Waals surface area contributed by atoms with E-state index in [0.29, 0.717) is 0 Å². The molecule has 5 rings (SSSR count). The standard InChI is InChI=1S/C53H81N5/c1-3-5-7-9-11-13-15-17-19-21-23-25-27-29-39-58(40-30-28-26-24-22-20-18-16-14-12-10-8-6-4-2)44-51-52-37-35-49(56-52)42-47-33-31-45(54-47)41-46-32-34-48(55-46)43-50-36-38-53(51)57-50/h31-38,41-43,54-55H,3-30,39-40,44H2,1-2H3. The van der Waals surface area contributed by atoms with E-state index in [2.05, 4.69) is 95.5 Å². The molecule has 0 radical (unpaired) electrons. The van der Waals surface area contributed by atoms with Gasteiger partial charge in [0.05, 0.1) is 22.8 Å². The summed E-state index contributed by atoms with van der Waals surface area (Å²) < 4.78 is 0. The summed E-state index contributed by atoms with van der Waals surface area (Å²) in [4.78, 5) is 20.2. The molecule has 58 heavy (non-hydrogen) atoms. The molecule has 2 aliphatic heterocycles. The molecule has 2 N–H and O–H groups in total. The normalized spacial score (nSPS) is 12.4. The van der Waals surface area contributed by atoms with Crippen molar-refractivity contribution in [1.82, 2.24) is 24.8 Å². The molecule has 5 heteroatoms. The molecule has 0 amide bonds. The monoisotopic (exact) mass is 788 g/mol. The Morgan fingerprint density at radius 2 is 0.690 bits per heavy atom. The Kier molecular flexibility index (Phi) is 22.1. The van der Waals surface area contributed by atoms with Gasteiger partial charge in [0.25, 0.3) is 0 Å². The van der Waals surface area contributed by atoms with E-state index < -0.39 is 0 Å². The van der Waals surface area contributed by atoms with Gasteiger partial charge in [0.15, 0.2) is 0 Å². The molecule has 318 valence electrons. The van der Waals surface area contributed by atoms with Gasteiger partial charge >= 0.3 is 0 Å². The number of unbranched alkanes of at least 4 members (excludes halogenated alkanes) is 26. The number of hydrogen-bond acceptors (Lipinski definition) is 3. The van der Waals surface area contributed by atoms with E-state index >= 15 is 0 Å². The predicted molar refractivity (Wildman–Crippen MR) is 255 cm³/mol. The minimum atomic E-state index is 0.887. The Hall–Kier alpha value is -3.44. The molecule has 0 unspecified atom stereocenters. The van der Waals surface area contributed by atoms with E-state index in [0.717, 1.165) is 64.5 Å². The highest BCUT2D eigenvalue weighted by Crippen LogP contribution is 2.25. The third kappa shape index (κ3) is 17.8. The first-order chi connectivity index (χ1) is 28.7. The molecule has 3 aromatic rings. The van der Waals surface area contributed by atoms with Gasteiger partial charge < -0.3 is 9.97 Å². The molecular weight excluding hydrogens is 707 g/mol. The van der Waals surface area contributed by atoms with E-state index in [-0.39, 0.29) is 0 Å². The van der Waals surface area contributed by atoms with Crippen molar-refractivity contribution in [2.24, 2.45) is 0 Å². The molecule has 0 aromatic carbocycles. The molecule has 3 aromatic heterocycles. The van der Waals surface area contributed by atoms with Gasteiger partial charge in [-0.1, -0.05) is 181 Å². The minimum Gasteiger partial charge on any atom is -0.355 e. The average molecular weight is 788 g/mol. The molecule has 5 heterocycles. The largest absolute Gasteiger partial charge is 0.355 e. The van der Waals surface area contributed by atoms with Crippen molar-refractivity contribution in [3.05, 3.63) is 70.8 Å². The number of aromatic nitrogens is 4. The summed E-state index contributed by atoms with van der Waals surface area (Å²) in [7, 11) is 0. The van der Waals surface area contributed by atoms with Crippen molar-refractivity contribution in [2.45, 2.75) is 200 Å². The maximum absolute atomic E-state index is 5.19. The smallest absolute Gasteiger partial charge is 0.0704 e. The predicted octanol–water partition coefficient (Wildman–Crippen LogP) is 16.4. The quantitative estimate of drug-likeness (QED) is 0.0427.